The zero-order valence-corrected chi connectivity index (χ0v) is 21.1. The molecule has 0 N–H and O–H groups in total. The molecular weight excluding hydrogens is 534 g/mol. The molecule has 0 radical (unpaired) electrons. The molecule has 0 aliphatic carbocycles. The number of aromatic nitrogens is 3. The quantitative estimate of drug-likeness (QED) is 0.174. The second kappa shape index (κ2) is 10.5. The van der Waals surface area contributed by atoms with Crippen LogP contribution in [0.2, 0.25) is 0 Å². The minimum Gasteiger partial charge on any atom is -0.493 e. The Morgan fingerprint density at radius 3 is 2.44 bits per heavy atom. The Labute approximate surface area is 213 Å². The van der Waals surface area contributed by atoms with Crippen molar-refractivity contribution in [2.75, 3.05) is 14.2 Å². The lowest BCUT2D eigenvalue weighted by atomic mass is 10.2. The number of nitro groups is 1. The molecule has 11 nitrogen and oxygen atoms in total. The maximum absolute atomic E-state index is 13.1. The van der Waals surface area contributed by atoms with E-state index in [-0.39, 0.29) is 22.9 Å². The van der Waals surface area contributed by atoms with Gasteiger partial charge < -0.3 is 14.2 Å². The number of methoxy groups -OCH3 is 2. The highest BCUT2D eigenvalue weighted by Crippen LogP contribution is 2.40. The van der Waals surface area contributed by atoms with E-state index in [0.717, 1.165) is 10.7 Å². The van der Waals surface area contributed by atoms with Gasteiger partial charge in [-0.2, -0.15) is 9.78 Å². The van der Waals surface area contributed by atoms with Crippen LogP contribution in [-0.2, 0) is 6.42 Å². The van der Waals surface area contributed by atoms with Crippen LogP contribution in [0.5, 0.6) is 23.1 Å². The van der Waals surface area contributed by atoms with Gasteiger partial charge in [0.1, 0.15) is 12.0 Å². The Morgan fingerprint density at radius 2 is 1.86 bits per heavy atom. The summed E-state index contributed by atoms with van der Waals surface area (Å²) in [4.78, 5) is 31.9. The fourth-order valence-electron chi connectivity index (χ4n) is 3.39. The van der Waals surface area contributed by atoms with Crippen molar-refractivity contribution in [2.45, 2.75) is 13.3 Å². The Balaban J connectivity index is 1.72. The number of pyridine rings is 1. The summed E-state index contributed by atoms with van der Waals surface area (Å²) in [6.07, 6.45) is 3.08. The molecule has 0 amide bonds. The molecule has 0 fully saturated rings. The van der Waals surface area contributed by atoms with Gasteiger partial charge in [-0.1, -0.05) is 22.9 Å². The molecule has 0 atom stereocenters. The van der Waals surface area contributed by atoms with E-state index in [0.29, 0.717) is 40.2 Å². The molecule has 0 saturated heterocycles. The van der Waals surface area contributed by atoms with Crippen molar-refractivity contribution in [2.24, 2.45) is 5.10 Å². The molecule has 0 spiro atoms. The van der Waals surface area contributed by atoms with E-state index in [1.807, 2.05) is 13.0 Å². The summed E-state index contributed by atoms with van der Waals surface area (Å²) in [5, 5.41) is 15.7. The fourth-order valence-corrected chi connectivity index (χ4v) is 3.75. The number of fused-ring (bicyclic) bond motifs is 1. The molecule has 0 bridgehead atoms. The van der Waals surface area contributed by atoms with Crippen molar-refractivity contribution < 1.29 is 19.1 Å². The third kappa shape index (κ3) is 5.03. The summed E-state index contributed by atoms with van der Waals surface area (Å²) in [5.41, 5.74) is 0.704. The number of halogens is 1. The summed E-state index contributed by atoms with van der Waals surface area (Å²) in [5.74, 6) is 1.46. The summed E-state index contributed by atoms with van der Waals surface area (Å²) in [6.45, 7) is 1.89. The predicted molar refractivity (Wildman–Crippen MR) is 137 cm³/mol. The highest BCUT2D eigenvalue weighted by molar-refractivity contribution is 9.10. The maximum atomic E-state index is 13.1. The first kappa shape index (κ1) is 24.8. The molecule has 36 heavy (non-hydrogen) atoms. The number of aryl methyl sites for hydroxylation is 1. The van der Waals surface area contributed by atoms with Gasteiger partial charge >= 0.3 is 0 Å². The van der Waals surface area contributed by atoms with E-state index in [2.05, 4.69) is 31.0 Å². The fraction of sp³-hybridized carbons (Fsp3) is 0.167. The van der Waals surface area contributed by atoms with Gasteiger partial charge in [0, 0.05) is 28.6 Å². The summed E-state index contributed by atoms with van der Waals surface area (Å²) >= 11 is 3.39. The van der Waals surface area contributed by atoms with Crippen molar-refractivity contribution in [1.82, 2.24) is 14.6 Å². The average Bonchev–Trinajstić information content (AvgIpc) is 2.88. The van der Waals surface area contributed by atoms with Crippen LogP contribution in [0.4, 0.5) is 5.69 Å². The normalized spacial score (nSPS) is 11.1. The van der Waals surface area contributed by atoms with E-state index in [1.165, 1.54) is 37.2 Å². The Hall–Kier alpha value is -4.32. The number of hydrogen-bond acceptors (Lipinski definition) is 9. The molecule has 184 valence electrons. The Bertz CT molecular complexity index is 1510. The minimum absolute atomic E-state index is 0.117. The standard InChI is InChI=1S/C24H20BrN5O6/c1-4-21-28-18-7-5-15(25)11-17(18)24(31)29(21)27-12-14-9-19(34-2)23(20(10-14)35-3)36-22-8-6-16(13-26-22)30(32)33/h5-13H,4H2,1-3H3. The van der Waals surface area contributed by atoms with Crippen LogP contribution in [0.3, 0.4) is 0 Å². The number of ether oxygens (including phenoxy) is 3. The van der Waals surface area contributed by atoms with Gasteiger partial charge in [0.2, 0.25) is 11.6 Å². The van der Waals surface area contributed by atoms with Gasteiger partial charge in [-0.25, -0.2) is 9.97 Å². The zero-order chi connectivity index (χ0) is 25.8. The first-order chi connectivity index (χ1) is 17.3. The summed E-state index contributed by atoms with van der Waals surface area (Å²) in [6, 6.07) is 11.3. The second-order valence-corrected chi connectivity index (χ2v) is 8.29. The van der Waals surface area contributed by atoms with E-state index < -0.39 is 4.92 Å². The topological polar surface area (TPSA) is 131 Å². The number of nitrogens with zero attached hydrogens (tertiary/aromatic N) is 5. The van der Waals surface area contributed by atoms with Crippen LogP contribution in [0, 0.1) is 10.1 Å². The number of rotatable bonds is 8. The molecule has 2 heterocycles. The van der Waals surface area contributed by atoms with Gasteiger partial charge in [0.15, 0.2) is 11.5 Å². The molecule has 0 saturated carbocycles. The smallest absolute Gasteiger partial charge is 0.287 e. The van der Waals surface area contributed by atoms with Crippen molar-refractivity contribution in [3.8, 4) is 23.1 Å². The van der Waals surface area contributed by atoms with Crippen molar-refractivity contribution in [3.05, 3.63) is 85.0 Å². The summed E-state index contributed by atoms with van der Waals surface area (Å²) in [7, 11) is 2.91. The molecule has 2 aromatic carbocycles. The van der Waals surface area contributed by atoms with Gasteiger partial charge in [0.25, 0.3) is 11.2 Å². The maximum Gasteiger partial charge on any atom is 0.287 e. The highest BCUT2D eigenvalue weighted by Gasteiger charge is 2.17. The van der Waals surface area contributed by atoms with Crippen LogP contribution in [0.15, 0.2) is 63.0 Å². The van der Waals surface area contributed by atoms with E-state index >= 15 is 0 Å². The van der Waals surface area contributed by atoms with E-state index in [9.17, 15) is 14.9 Å². The lowest BCUT2D eigenvalue weighted by molar-refractivity contribution is -0.385. The van der Waals surface area contributed by atoms with Crippen molar-refractivity contribution in [3.63, 3.8) is 0 Å². The van der Waals surface area contributed by atoms with Crippen LogP contribution < -0.4 is 19.8 Å². The minimum atomic E-state index is -0.550. The third-order valence-corrected chi connectivity index (χ3v) is 5.63. The largest absolute Gasteiger partial charge is 0.493 e. The molecule has 2 aromatic heterocycles. The Morgan fingerprint density at radius 1 is 1.14 bits per heavy atom. The first-order valence-corrected chi connectivity index (χ1v) is 11.4. The van der Waals surface area contributed by atoms with Gasteiger partial charge in [-0.05, 0) is 30.3 Å². The van der Waals surface area contributed by atoms with E-state index in [1.54, 1.807) is 24.3 Å². The molecule has 0 aliphatic heterocycles. The van der Waals surface area contributed by atoms with Crippen LogP contribution in [0.1, 0.15) is 18.3 Å². The SMILES string of the molecule is CCc1nc2ccc(Br)cc2c(=O)n1N=Cc1cc(OC)c(Oc2ccc([N+](=O)[O-])cn2)c(OC)c1. The third-order valence-electron chi connectivity index (χ3n) is 5.13. The molecule has 4 rings (SSSR count). The lowest BCUT2D eigenvalue weighted by Gasteiger charge is -2.14. The van der Waals surface area contributed by atoms with E-state index in [4.69, 9.17) is 14.2 Å². The lowest BCUT2D eigenvalue weighted by Crippen LogP contribution is -2.22. The molecular formula is C24H20BrN5O6. The number of hydrogen-bond donors (Lipinski definition) is 0. The monoisotopic (exact) mass is 553 g/mol. The van der Waals surface area contributed by atoms with Crippen molar-refractivity contribution >= 4 is 38.7 Å². The zero-order valence-electron chi connectivity index (χ0n) is 19.5. The van der Waals surface area contributed by atoms with Gasteiger partial charge in [0.05, 0.1) is 36.3 Å². The molecule has 0 unspecified atom stereocenters. The van der Waals surface area contributed by atoms with Crippen molar-refractivity contribution in [1.29, 1.82) is 0 Å². The summed E-state index contributed by atoms with van der Waals surface area (Å²) < 4.78 is 18.8. The van der Waals surface area contributed by atoms with Crippen LogP contribution >= 0.6 is 15.9 Å². The second-order valence-electron chi connectivity index (χ2n) is 7.37. The number of benzene rings is 2. The first-order valence-electron chi connectivity index (χ1n) is 10.6. The van der Waals surface area contributed by atoms with Gasteiger partial charge in [-0.15, -0.1) is 0 Å². The molecule has 0 aliphatic rings. The highest BCUT2D eigenvalue weighted by atomic mass is 79.9. The molecule has 4 aromatic rings. The van der Waals surface area contributed by atoms with Crippen LogP contribution in [0.25, 0.3) is 10.9 Å². The van der Waals surface area contributed by atoms with Crippen LogP contribution in [-0.4, -0.2) is 40.0 Å². The van der Waals surface area contributed by atoms with Gasteiger partial charge in [-0.3, -0.25) is 14.9 Å². The average molecular weight is 554 g/mol. The predicted octanol–water partition coefficient (Wildman–Crippen LogP) is 4.72. The molecule has 12 heteroatoms. The Kier molecular flexibility index (Phi) is 7.25.